The summed E-state index contributed by atoms with van der Waals surface area (Å²) in [6, 6.07) is 3.85. The summed E-state index contributed by atoms with van der Waals surface area (Å²) in [6.45, 7) is 1.67. The SMILES string of the molecule is C.CC1(S(=O)(=O)NC(=O)[C@@]23C[C@H]2/C=C\CCCCC[C@H](CC(=O)OC2CCC2)C(=O)N2C[C@@]4(CCc5c(c(C6CC6)nc6c(F)cccc56)O4)C[C@H]2C(=O)N3)CC1. The van der Waals surface area contributed by atoms with Crippen LogP contribution >= 0.6 is 0 Å². The normalized spacial score (nSPS) is 31.5. The zero-order valence-electron chi connectivity index (χ0n) is 31.9. The number of nitrogens with one attached hydrogen (secondary N) is 2. The molecule has 9 rings (SSSR count). The van der Waals surface area contributed by atoms with Crippen LogP contribution in [0.15, 0.2) is 30.4 Å². The lowest BCUT2D eigenvalue weighted by atomic mass is 9.86. The van der Waals surface area contributed by atoms with Gasteiger partial charge in [-0.25, -0.2) is 17.8 Å². The Labute approximate surface area is 334 Å². The Balaban J connectivity index is 0.00000455. The number of hydrogen-bond donors (Lipinski definition) is 2. The summed E-state index contributed by atoms with van der Waals surface area (Å²) in [6.07, 6.45) is 13.7. The molecule has 7 aliphatic rings. The average molecular weight is 807 g/mol. The Morgan fingerprint density at radius 2 is 1.84 bits per heavy atom. The van der Waals surface area contributed by atoms with E-state index in [1.165, 1.54) is 11.0 Å². The van der Waals surface area contributed by atoms with E-state index in [0.29, 0.717) is 60.9 Å². The molecule has 57 heavy (non-hydrogen) atoms. The summed E-state index contributed by atoms with van der Waals surface area (Å²) in [5, 5.41) is 3.65. The molecule has 1 aromatic carbocycles. The number of sulfonamides is 1. The van der Waals surface area contributed by atoms with Crippen molar-refractivity contribution in [3.63, 3.8) is 0 Å². The van der Waals surface area contributed by atoms with Gasteiger partial charge in [-0.15, -0.1) is 0 Å². The van der Waals surface area contributed by atoms with Gasteiger partial charge in [0.15, 0.2) is 0 Å². The molecule has 5 fully saturated rings. The molecule has 3 amide bonds. The molecule has 0 bridgehead atoms. The first kappa shape index (κ1) is 39.7. The van der Waals surface area contributed by atoms with Gasteiger partial charge < -0.3 is 19.7 Å². The van der Waals surface area contributed by atoms with Gasteiger partial charge in [-0.3, -0.25) is 23.9 Å². The van der Waals surface area contributed by atoms with Gasteiger partial charge in [-0.1, -0.05) is 44.6 Å². The van der Waals surface area contributed by atoms with Gasteiger partial charge in [0.2, 0.25) is 21.8 Å². The van der Waals surface area contributed by atoms with Crippen molar-refractivity contribution in [2.75, 3.05) is 6.54 Å². The highest BCUT2D eigenvalue weighted by atomic mass is 32.2. The third-order valence-electron chi connectivity index (χ3n) is 13.7. The number of allylic oxidation sites excluding steroid dienone is 1. The van der Waals surface area contributed by atoms with E-state index in [0.717, 1.165) is 56.9 Å². The number of halogens is 1. The van der Waals surface area contributed by atoms with E-state index in [2.05, 4.69) is 10.0 Å². The molecule has 2 N–H and O–H groups in total. The Hall–Kier alpha value is -4.07. The topological polar surface area (TPSA) is 161 Å². The third kappa shape index (κ3) is 7.33. The molecule has 5 atom stereocenters. The molecule has 4 saturated carbocycles. The van der Waals surface area contributed by atoms with E-state index in [1.54, 1.807) is 13.0 Å². The van der Waals surface area contributed by atoms with E-state index in [9.17, 15) is 27.6 Å². The highest BCUT2D eigenvalue weighted by molar-refractivity contribution is 7.91. The minimum absolute atomic E-state index is 0. The fourth-order valence-corrected chi connectivity index (χ4v) is 10.5. The number of esters is 1. The van der Waals surface area contributed by atoms with E-state index in [-0.39, 0.29) is 51.2 Å². The number of hydrogen-bond acceptors (Lipinski definition) is 9. The second kappa shape index (κ2) is 14.6. The summed E-state index contributed by atoms with van der Waals surface area (Å²) >= 11 is 0. The molecular formula is C43H55FN4O8S. The first-order chi connectivity index (χ1) is 26.8. The van der Waals surface area contributed by atoms with Crippen molar-refractivity contribution in [2.24, 2.45) is 11.8 Å². The molecule has 1 spiro atoms. The lowest BCUT2D eigenvalue weighted by molar-refractivity contribution is -0.157. The fraction of sp³-hybridized carbons (Fsp3) is 0.651. The first-order valence-corrected chi connectivity index (χ1v) is 22.1. The number of carbonyl (C=O) groups excluding carboxylic acids is 4. The molecular weight excluding hydrogens is 752 g/mol. The molecule has 1 aromatic heterocycles. The molecule has 4 aliphatic carbocycles. The van der Waals surface area contributed by atoms with Crippen molar-refractivity contribution >= 4 is 44.6 Å². The minimum atomic E-state index is -3.99. The fourth-order valence-electron chi connectivity index (χ4n) is 9.23. The van der Waals surface area contributed by atoms with Gasteiger partial charge in [0.05, 0.1) is 23.4 Å². The van der Waals surface area contributed by atoms with Crippen LogP contribution in [0.25, 0.3) is 10.9 Å². The second-order valence-corrected chi connectivity index (χ2v) is 20.0. The largest absolute Gasteiger partial charge is 0.483 e. The average Bonchev–Trinajstić information content (AvgIpc) is 4.08. The van der Waals surface area contributed by atoms with Crippen LogP contribution in [-0.2, 0) is 40.4 Å². The predicted octanol–water partition coefficient (Wildman–Crippen LogP) is 6.05. The summed E-state index contributed by atoms with van der Waals surface area (Å²) < 4.78 is 55.5. The number of nitrogens with zero attached hydrogens (tertiary/aromatic N) is 2. The van der Waals surface area contributed by atoms with Gasteiger partial charge in [-0.2, -0.15) is 0 Å². The van der Waals surface area contributed by atoms with Crippen LogP contribution in [0.1, 0.15) is 134 Å². The maximum absolute atomic E-state index is 15.1. The number of aromatic nitrogens is 1. The van der Waals surface area contributed by atoms with Crippen LogP contribution in [0.2, 0.25) is 0 Å². The van der Waals surface area contributed by atoms with Crippen LogP contribution in [0, 0.1) is 17.7 Å². The zero-order chi connectivity index (χ0) is 39.0. The van der Waals surface area contributed by atoms with Crippen molar-refractivity contribution in [1.82, 2.24) is 19.9 Å². The smallest absolute Gasteiger partial charge is 0.306 e. The number of para-hydroxylation sites is 1. The number of ether oxygens (including phenoxy) is 2. The van der Waals surface area contributed by atoms with Crippen molar-refractivity contribution in [2.45, 2.75) is 157 Å². The zero-order valence-corrected chi connectivity index (χ0v) is 32.8. The van der Waals surface area contributed by atoms with Gasteiger partial charge in [0.1, 0.15) is 40.4 Å². The third-order valence-corrected chi connectivity index (χ3v) is 15.8. The van der Waals surface area contributed by atoms with Crippen molar-refractivity contribution in [1.29, 1.82) is 0 Å². The lowest BCUT2D eigenvalue weighted by Gasteiger charge is -2.37. The Morgan fingerprint density at radius 1 is 1.05 bits per heavy atom. The first-order valence-electron chi connectivity index (χ1n) is 20.7. The number of aryl methyl sites for hydroxylation is 1. The van der Waals surface area contributed by atoms with Crippen LogP contribution in [0.5, 0.6) is 5.75 Å². The van der Waals surface area contributed by atoms with Gasteiger partial charge in [0, 0.05) is 35.1 Å². The van der Waals surface area contributed by atoms with Gasteiger partial charge in [0.25, 0.3) is 5.91 Å². The number of carbonyl (C=O) groups is 4. The van der Waals surface area contributed by atoms with Crippen LogP contribution in [0.3, 0.4) is 0 Å². The maximum Gasteiger partial charge on any atom is 0.306 e. The predicted molar refractivity (Wildman–Crippen MR) is 210 cm³/mol. The molecule has 2 aromatic rings. The standard InChI is InChI=1S/C42H51FN4O8S.CH4/c1-40(19-20-40)56(52,53)46-39(51)42-22-27(42)10-6-4-2-3-5-9-26(21-33(48)54-28-11-7-12-28)38(50)47-24-41(23-32(47)37(49)45-42)18-17-30-29-13-8-14-31(43)35(29)44-34(25-15-16-25)36(30)55-41;/h6,8,10,13-14,25-28,32H,2-5,7,9,11-12,15-24H2,1H3,(H,45,49)(H,46,51);1H4/b10-6-;/t26-,27-,32+,41-,42-;/m1./s1. The Kier molecular flexibility index (Phi) is 10.2. The second-order valence-electron chi connectivity index (χ2n) is 17.9. The summed E-state index contributed by atoms with van der Waals surface area (Å²) in [5.41, 5.74) is -0.627. The van der Waals surface area contributed by atoms with Crippen LogP contribution in [-0.4, -0.2) is 76.6 Å². The van der Waals surface area contributed by atoms with Crippen LogP contribution in [0.4, 0.5) is 4.39 Å². The quantitative estimate of drug-likeness (QED) is 0.251. The molecule has 0 radical (unpaired) electrons. The highest BCUT2D eigenvalue weighted by Gasteiger charge is 2.64. The molecule has 4 heterocycles. The summed E-state index contributed by atoms with van der Waals surface area (Å²) in [4.78, 5) is 63.1. The minimum Gasteiger partial charge on any atom is -0.483 e. The lowest BCUT2D eigenvalue weighted by Crippen LogP contribution is -2.57. The number of pyridine rings is 1. The number of benzene rings is 1. The van der Waals surface area contributed by atoms with Gasteiger partial charge >= 0.3 is 5.97 Å². The highest BCUT2D eigenvalue weighted by Crippen LogP contribution is 2.52. The van der Waals surface area contributed by atoms with E-state index in [1.807, 2.05) is 18.2 Å². The maximum atomic E-state index is 15.1. The van der Waals surface area contributed by atoms with Gasteiger partial charge in [-0.05, 0) is 96.5 Å². The Bertz CT molecular complexity index is 2130. The van der Waals surface area contributed by atoms with Crippen LogP contribution < -0.4 is 14.8 Å². The molecule has 0 unspecified atom stereocenters. The molecule has 3 aliphatic heterocycles. The van der Waals surface area contributed by atoms with E-state index < -0.39 is 67.4 Å². The van der Waals surface area contributed by atoms with E-state index >= 15 is 4.39 Å². The monoisotopic (exact) mass is 806 g/mol. The molecule has 1 saturated heterocycles. The van der Waals surface area contributed by atoms with Crippen molar-refractivity contribution in [3.8, 4) is 5.75 Å². The van der Waals surface area contributed by atoms with E-state index in [4.69, 9.17) is 14.5 Å². The molecule has 12 nitrogen and oxygen atoms in total. The Morgan fingerprint density at radius 3 is 2.56 bits per heavy atom. The summed E-state index contributed by atoms with van der Waals surface area (Å²) in [7, 11) is -3.99. The number of amides is 3. The number of rotatable bonds is 7. The van der Waals surface area contributed by atoms with Crippen molar-refractivity contribution in [3.05, 3.63) is 47.4 Å². The molecule has 14 heteroatoms. The summed E-state index contributed by atoms with van der Waals surface area (Å²) in [5.74, 6) is -2.94. The molecule has 308 valence electrons. The van der Waals surface area contributed by atoms with Crippen molar-refractivity contribution < 1.29 is 41.5 Å². The number of fused-ring (bicyclic) bond motifs is 5.